The van der Waals surface area contributed by atoms with E-state index in [4.69, 9.17) is 9.90 Å². The second-order valence-corrected chi connectivity index (χ2v) is 0.0913. The molecule has 0 heterocycles. The maximum atomic E-state index is 8.24. The van der Waals surface area contributed by atoms with Crippen molar-refractivity contribution in [2.75, 3.05) is 0 Å². The van der Waals surface area contributed by atoms with Crippen molar-refractivity contribution < 1.29 is 29.3 Å². The second-order valence-electron chi connectivity index (χ2n) is 0.0913. The van der Waals surface area contributed by atoms with Crippen LogP contribution >= 0.6 is 0 Å². The van der Waals surface area contributed by atoms with Crippen LogP contribution in [0, 0.1) is 0 Å². The van der Waals surface area contributed by atoms with E-state index in [1.54, 1.807) is 0 Å². The van der Waals surface area contributed by atoms with Gasteiger partial charge in [-0.2, -0.15) is 0 Å². The van der Waals surface area contributed by atoms with Crippen molar-refractivity contribution in [1.29, 1.82) is 0 Å². The zero-order chi connectivity index (χ0) is 4.71. The van der Waals surface area contributed by atoms with E-state index in [1.165, 1.54) is 19.4 Å². The van der Waals surface area contributed by atoms with Crippen LogP contribution in [0.5, 0.6) is 0 Å². The maximum absolute atomic E-state index is 8.24. The van der Waals surface area contributed by atoms with E-state index in [0.29, 0.717) is 6.47 Å². The fourth-order valence-corrected chi connectivity index (χ4v) is 0. The number of aliphatic hydroxyl groups excluding tert-OH is 1. The minimum atomic E-state index is 0.500. The summed E-state index contributed by atoms with van der Waals surface area (Å²) in [6.07, 6.45) is 0. The van der Waals surface area contributed by atoms with Gasteiger partial charge in [-0.05, 0) is 0 Å². The molecule has 0 rings (SSSR count). The molecule has 0 spiro atoms. The summed E-state index contributed by atoms with van der Waals surface area (Å²) in [6, 6.07) is 0. The van der Waals surface area contributed by atoms with Crippen molar-refractivity contribution >= 4 is 11.4 Å². The number of hydrogen-bond acceptors (Lipinski definition) is 1. The Hall–Kier alpha value is 0.0283. The Kier molecular flexibility index (Phi) is 62.2. The Morgan fingerprint density at radius 1 is 1.80 bits per heavy atom. The van der Waals surface area contributed by atoms with Crippen molar-refractivity contribution in [3.63, 3.8) is 0 Å². The van der Waals surface area contributed by atoms with Crippen LogP contribution in [0.1, 0.15) is 0 Å². The third kappa shape index (κ3) is 20700. The van der Waals surface area contributed by atoms with Crippen molar-refractivity contribution in [2.24, 2.45) is 0 Å². The molecule has 0 aliphatic carbocycles. The summed E-state index contributed by atoms with van der Waals surface area (Å²) in [7, 11) is 0. The van der Waals surface area contributed by atoms with Crippen LogP contribution in [0.25, 0.3) is 0 Å². The topological polar surface area (TPSA) is 37.3 Å². The fourth-order valence-electron chi connectivity index (χ4n) is 0. The molecule has 0 unspecified atom stereocenters. The average molecular weight is 243 g/mol. The summed E-state index contributed by atoms with van der Waals surface area (Å²) >= 11 is 1.33. The Morgan fingerprint density at radius 2 is 1.80 bits per heavy atom. The predicted molar refractivity (Wildman–Crippen MR) is 15.4 cm³/mol. The van der Waals surface area contributed by atoms with Gasteiger partial charge in [0.15, 0.2) is 0 Å². The Balaban J connectivity index is 0. The molecule has 0 fully saturated rings. The van der Waals surface area contributed by atoms with E-state index in [9.17, 15) is 0 Å². The molecular weight excluding hydrogens is 240 g/mol. The summed E-state index contributed by atoms with van der Waals surface area (Å²) < 4.78 is 0. The first-order valence-corrected chi connectivity index (χ1v) is 2.79. The number of rotatable bonds is 0. The van der Waals surface area contributed by atoms with Crippen LogP contribution in [0.3, 0.4) is 0 Å². The SMILES string of the molecule is O=[C-]O.[CH2]=[W]. The zero-order valence-corrected chi connectivity index (χ0v) is 5.40. The predicted octanol–water partition coefficient (Wildman–Crippen LogP) is -0.423. The first-order valence-electron chi connectivity index (χ1n) is 0.716. The Morgan fingerprint density at radius 3 is 1.80 bits per heavy atom. The molecule has 0 aromatic heterocycles. The van der Waals surface area contributed by atoms with E-state index in [1.807, 2.05) is 0 Å². The molecule has 0 atom stereocenters. The van der Waals surface area contributed by atoms with Crippen molar-refractivity contribution in [2.45, 2.75) is 0 Å². The Labute approximate surface area is 41.2 Å². The summed E-state index contributed by atoms with van der Waals surface area (Å²) in [6.45, 7) is 0.500. The monoisotopic (exact) mass is 243 g/mol. The molecule has 5 heavy (non-hydrogen) atoms. The third-order valence-electron chi connectivity index (χ3n) is 0. The van der Waals surface area contributed by atoms with Gasteiger partial charge in [-0.25, -0.2) is 0 Å². The van der Waals surface area contributed by atoms with Crippen LogP contribution in [0.2, 0.25) is 0 Å². The zero-order valence-electron chi connectivity index (χ0n) is 2.47. The van der Waals surface area contributed by atoms with Crippen molar-refractivity contribution in [3.8, 4) is 0 Å². The molecule has 0 aromatic carbocycles. The van der Waals surface area contributed by atoms with Gasteiger partial charge in [0.1, 0.15) is 0 Å². The van der Waals surface area contributed by atoms with E-state index in [0.717, 1.165) is 0 Å². The first kappa shape index (κ1) is 8.90. The molecule has 30 valence electrons. The number of hydrogen-bond donors (Lipinski definition) is 1. The molecule has 3 heteroatoms. The molecule has 1 N–H and O–H groups in total. The molecule has 0 aromatic rings. The quantitative estimate of drug-likeness (QED) is 0.586. The van der Waals surface area contributed by atoms with Gasteiger partial charge in [0.05, 0.1) is 0 Å². The summed E-state index contributed by atoms with van der Waals surface area (Å²) in [5, 5.41) is 6.76. The van der Waals surface area contributed by atoms with E-state index in [-0.39, 0.29) is 0 Å². The molecule has 0 saturated carbocycles. The summed E-state index contributed by atoms with van der Waals surface area (Å²) in [5.74, 6) is 0. The molecule has 0 saturated heterocycles. The van der Waals surface area contributed by atoms with Gasteiger partial charge in [0, 0.05) is 0 Å². The molecular formula is C2H3O2W-. The molecule has 0 aliphatic rings. The van der Waals surface area contributed by atoms with Gasteiger partial charge in [0.25, 0.3) is 0 Å². The summed E-state index contributed by atoms with van der Waals surface area (Å²) in [5.41, 5.74) is 0. The molecule has 0 radical (unpaired) electrons. The first-order chi connectivity index (χ1) is 2.41. The summed E-state index contributed by atoms with van der Waals surface area (Å²) in [4.78, 5) is 11.6. The van der Waals surface area contributed by atoms with Crippen LogP contribution in [-0.4, -0.2) is 16.5 Å². The van der Waals surface area contributed by atoms with Gasteiger partial charge in [0.2, 0.25) is 0 Å². The van der Waals surface area contributed by atoms with Gasteiger partial charge in [-0.1, -0.05) is 6.47 Å². The van der Waals surface area contributed by atoms with Crippen LogP contribution in [0.4, 0.5) is 0 Å². The minimum absolute atomic E-state index is 0.500. The van der Waals surface area contributed by atoms with Crippen LogP contribution in [0.15, 0.2) is 0 Å². The van der Waals surface area contributed by atoms with Crippen molar-refractivity contribution in [3.05, 3.63) is 0 Å². The van der Waals surface area contributed by atoms with E-state index >= 15 is 0 Å². The standard InChI is InChI=1S/CHO2.CH2.W/c2-1-3;;/h(H,2,3);1H2;/q-1;;. The van der Waals surface area contributed by atoms with Crippen molar-refractivity contribution in [1.82, 2.24) is 0 Å². The molecule has 0 aliphatic heterocycles. The molecule has 0 amide bonds. The average Bonchev–Trinajstić information content (AvgIpc) is 1.46. The second kappa shape index (κ2) is 34.9. The van der Waals surface area contributed by atoms with Crippen LogP contribution in [-0.2, 0) is 24.1 Å². The molecule has 0 bridgehead atoms. The molecule has 2 nitrogen and oxygen atoms in total. The van der Waals surface area contributed by atoms with Crippen LogP contribution < -0.4 is 0 Å². The normalized spacial score (nSPS) is 3.20. The van der Waals surface area contributed by atoms with Gasteiger partial charge in [-0.3, -0.25) is 0 Å². The van der Waals surface area contributed by atoms with Gasteiger partial charge in [-0.15, -0.1) is 0 Å². The Bertz CT molecular complexity index is 21.6. The van der Waals surface area contributed by atoms with Gasteiger partial charge >= 0.3 is 24.3 Å². The van der Waals surface area contributed by atoms with Gasteiger partial charge < -0.3 is 9.90 Å². The van der Waals surface area contributed by atoms with E-state index < -0.39 is 0 Å². The third-order valence-corrected chi connectivity index (χ3v) is 0. The fraction of sp³-hybridized carbons (Fsp3) is 0. The van der Waals surface area contributed by atoms with E-state index in [2.05, 4.69) is 4.90 Å².